The Kier molecular flexibility index (Phi) is 4.17. The van der Waals surface area contributed by atoms with Gasteiger partial charge in [-0.3, -0.25) is 0 Å². The Morgan fingerprint density at radius 2 is 1.46 bits per heavy atom. The molecule has 3 aromatic carbocycles. The molecule has 0 nitrogen and oxygen atoms in total. The summed E-state index contributed by atoms with van der Waals surface area (Å²) in [6.45, 7) is 4.83. The SMILES string of the molecule is CC1(C)c2ccccc2C2=C(c3ccccc3)C=C(c3ccc(Br)cc3)CC21. The summed E-state index contributed by atoms with van der Waals surface area (Å²) in [5.41, 5.74) is 10.0. The van der Waals surface area contributed by atoms with Crippen LogP contribution in [-0.4, -0.2) is 0 Å². The summed E-state index contributed by atoms with van der Waals surface area (Å²) in [6.07, 6.45) is 3.51. The highest BCUT2D eigenvalue weighted by molar-refractivity contribution is 9.10. The van der Waals surface area contributed by atoms with Crippen molar-refractivity contribution in [3.63, 3.8) is 0 Å². The first-order valence-corrected chi connectivity index (χ1v) is 10.7. The van der Waals surface area contributed by atoms with E-state index in [0.29, 0.717) is 5.92 Å². The van der Waals surface area contributed by atoms with E-state index >= 15 is 0 Å². The van der Waals surface area contributed by atoms with Crippen LogP contribution in [0.3, 0.4) is 0 Å². The van der Waals surface area contributed by atoms with Gasteiger partial charge >= 0.3 is 0 Å². The molecule has 3 aromatic rings. The van der Waals surface area contributed by atoms with E-state index in [-0.39, 0.29) is 5.41 Å². The van der Waals surface area contributed by atoms with E-state index in [2.05, 4.69) is 115 Å². The zero-order chi connectivity index (χ0) is 19.3. The number of hydrogen-bond donors (Lipinski definition) is 0. The number of fused-ring (bicyclic) bond motifs is 3. The Morgan fingerprint density at radius 3 is 2.21 bits per heavy atom. The van der Waals surface area contributed by atoms with Crippen LogP contribution in [0.15, 0.2) is 89.4 Å². The second kappa shape index (κ2) is 6.60. The van der Waals surface area contributed by atoms with Gasteiger partial charge in [-0.2, -0.15) is 0 Å². The molecule has 28 heavy (non-hydrogen) atoms. The van der Waals surface area contributed by atoms with Crippen molar-refractivity contribution in [2.24, 2.45) is 5.92 Å². The summed E-state index contributed by atoms with van der Waals surface area (Å²) in [5, 5.41) is 0. The van der Waals surface area contributed by atoms with Crippen LogP contribution in [-0.2, 0) is 5.41 Å². The molecule has 0 saturated heterocycles. The molecule has 0 aliphatic heterocycles. The molecule has 0 N–H and O–H groups in total. The van der Waals surface area contributed by atoms with E-state index in [1.165, 1.54) is 39.0 Å². The molecule has 0 saturated carbocycles. The summed E-state index contributed by atoms with van der Waals surface area (Å²) >= 11 is 3.57. The highest BCUT2D eigenvalue weighted by Gasteiger charge is 2.45. The monoisotopic (exact) mass is 426 g/mol. The fourth-order valence-corrected chi connectivity index (χ4v) is 5.22. The number of hydrogen-bond acceptors (Lipinski definition) is 0. The van der Waals surface area contributed by atoms with Crippen LogP contribution in [0.1, 0.15) is 42.5 Å². The highest BCUT2D eigenvalue weighted by Crippen LogP contribution is 2.57. The Bertz CT molecular complexity index is 1100. The normalized spacial score (nSPS) is 19.8. The minimum atomic E-state index is 0.126. The molecule has 0 radical (unpaired) electrons. The van der Waals surface area contributed by atoms with Crippen molar-refractivity contribution in [2.75, 3.05) is 0 Å². The molecule has 1 atom stereocenters. The maximum Gasteiger partial charge on any atom is 0.0175 e. The van der Waals surface area contributed by atoms with E-state index in [9.17, 15) is 0 Å². The lowest BCUT2D eigenvalue weighted by molar-refractivity contribution is 0.419. The van der Waals surface area contributed by atoms with Gasteiger partial charge in [0.2, 0.25) is 0 Å². The smallest absolute Gasteiger partial charge is 0.0175 e. The van der Waals surface area contributed by atoms with Crippen molar-refractivity contribution in [3.05, 3.63) is 112 Å². The second-order valence-corrected chi connectivity index (χ2v) is 9.31. The molecule has 0 heterocycles. The quantitative estimate of drug-likeness (QED) is 0.392. The molecule has 0 bridgehead atoms. The summed E-state index contributed by atoms with van der Waals surface area (Å²) in [4.78, 5) is 0. The lowest BCUT2D eigenvalue weighted by Gasteiger charge is -2.33. The minimum Gasteiger partial charge on any atom is -0.0622 e. The Labute approximate surface area is 175 Å². The Morgan fingerprint density at radius 1 is 0.786 bits per heavy atom. The molecule has 0 fully saturated rings. The molecular formula is C27H23Br. The van der Waals surface area contributed by atoms with Gasteiger partial charge in [0.1, 0.15) is 0 Å². The van der Waals surface area contributed by atoms with Gasteiger partial charge in [0.15, 0.2) is 0 Å². The van der Waals surface area contributed by atoms with Crippen molar-refractivity contribution in [2.45, 2.75) is 25.7 Å². The van der Waals surface area contributed by atoms with Gasteiger partial charge < -0.3 is 0 Å². The maximum atomic E-state index is 3.57. The van der Waals surface area contributed by atoms with Crippen LogP contribution >= 0.6 is 15.9 Å². The van der Waals surface area contributed by atoms with Crippen LogP contribution in [0.25, 0.3) is 16.7 Å². The summed E-state index contributed by atoms with van der Waals surface area (Å²) in [5.74, 6) is 0.490. The van der Waals surface area contributed by atoms with Crippen LogP contribution in [0, 0.1) is 5.92 Å². The first-order chi connectivity index (χ1) is 13.6. The molecule has 5 rings (SSSR count). The average Bonchev–Trinajstić information content (AvgIpc) is 2.96. The minimum absolute atomic E-state index is 0.126. The summed E-state index contributed by atoms with van der Waals surface area (Å²) in [6, 6.07) is 28.6. The van der Waals surface area contributed by atoms with Crippen LogP contribution in [0.5, 0.6) is 0 Å². The number of allylic oxidation sites excluding steroid dienone is 4. The van der Waals surface area contributed by atoms with Crippen molar-refractivity contribution in [3.8, 4) is 0 Å². The summed E-state index contributed by atoms with van der Waals surface area (Å²) < 4.78 is 1.13. The maximum absolute atomic E-state index is 3.57. The Hall–Kier alpha value is -2.38. The number of benzene rings is 3. The van der Waals surface area contributed by atoms with Gasteiger partial charge in [0, 0.05) is 4.47 Å². The molecular weight excluding hydrogens is 404 g/mol. The lowest BCUT2D eigenvalue weighted by atomic mass is 9.70. The first-order valence-electron chi connectivity index (χ1n) is 9.91. The van der Waals surface area contributed by atoms with Crippen molar-refractivity contribution in [1.29, 1.82) is 0 Å². The molecule has 138 valence electrons. The van der Waals surface area contributed by atoms with Gasteiger partial charge in [-0.05, 0) is 68.9 Å². The fourth-order valence-electron chi connectivity index (χ4n) is 4.96. The van der Waals surface area contributed by atoms with Gasteiger partial charge in [-0.25, -0.2) is 0 Å². The van der Waals surface area contributed by atoms with Gasteiger partial charge in [-0.1, -0.05) is 103 Å². The molecule has 0 spiro atoms. The van der Waals surface area contributed by atoms with Crippen molar-refractivity contribution < 1.29 is 0 Å². The predicted octanol–water partition coefficient (Wildman–Crippen LogP) is 7.75. The number of rotatable bonds is 2. The van der Waals surface area contributed by atoms with Crippen LogP contribution in [0.2, 0.25) is 0 Å². The molecule has 2 aliphatic rings. The highest BCUT2D eigenvalue weighted by atomic mass is 79.9. The third kappa shape index (κ3) is 2.72. The average molecular weight is 427 g/mol. The first kappa shape index (κ1) is 17.7. The zero-order valence-electron chi connectivity index (χ0n) is 16.2. The van der Waals surface area contributed by atoms with Crippen LogP contribution < -0.4 is 0 Å². The van der Waals surface area contributed by atoms with Gasteiger partial charge in [0.25, 0.3) is 0 Å². The van der Waals surface area contributed by atoms with E-state index in [4.69, 9.17) is 0 Å². The zero-order valence-corrected chi connectivity index (χ0v) is 17.8. The van der Waals surface area contributed by atoms with E-state index in [0.717, 1.165) is 10.9 Å². The van der Waals surface area contributed by atoms with Crippen molar-refractivity contribution >= 4 is 32.6 Å². The predicted molar refractivity (Wildman–Crippen MR) is 123 cm³/mol. The lowest BCUT2D eigenvalue weighted by Crippen LogP contribution is -2.25. The molecule has 1 heteroatoms. The molecule has 0 amide bonds. The van der Waals surface area contributed by atoms with Gasteiger partial charge in [0.05, 0.1) is 0 Å². The van der Waals surface area contributed by atoms with E-state index in [1.54, 1.807) is 0 Å². The third-order valence-electron chi connectivity index (χ3n) is 6.46. The van der Waals surface area contributed by atoms with Crippen molar-refractivity contribution in [1.82, 2.24) is 0 Å². The topological polar surface area (TPSA) is 0 Å². The molecule has 2 aliphatic carbocycles. The van der Waals surface area contributed by atoms with E-state index in [1.807, 2.05) is 0 Å². The van der Waals surface area contributed by atoms with Crippen LogP contribution in [0.4, 0.5) is 0 Å². The second-order valence-electron chi connectivity index (χ2n) is 8.39. The van der Waals surface area contributed by atoms with Gasteiger partial charge in [-0.15, -0.1) is 0 Å². The largest absolute Gasteiger partial charge is 0.0622 e. The third-order valence-corrected chi connectivity index (χ3v) is 6.99. The summed E-state index contributed by atoms with van der Waals surface area (Å²) in [7, 11) is 0. The number of halogens is 1. The van der Waals surface area contributed by atoms with E-state index < -0.39 is 0 Å². The fraction of sp³-hybridized carbons (Fsp3) is 0.185. The Balaban J connectivity index is 1.77. The molecule has 0 aromatic heterocycles. The molecule has 1 unspecified atom stereocenters. The standard InChI is InChI=1S/C27H23Br/c1-27(2)24-11-7-6-10-22(24)26-23(19-8-4-3-5-9-19)16-20(17-25(26)27)18-12-14-21(28)15-13-18/h3-16,25H,17H2,1-2H3.